The van der Waals surface area contributed by atoms with E-state index in [9.17, 15) is 0 Å². The summed E-state index contributed by atoms with van der Waals surface area (Å²) in [6.45, 7) is 0.524. The van der Waals surface area contributed by atoms with Crippen LogP contribution in [-0.2, 0) is 6.42 Å². The van der Waals surface area contributed by atoms with E-state index in [-0.39, 0.29) is 0 Å². The Balaban J connectivity index is 1.93. The molecule has 1 aromatic heterocycles. The highest BCUT2D eigenvalue weighted by atomic mass is 16.5. The van der Waals surface area contributed by atoms with Gasteiger partial charge in [-0.25, -0.2) is 4.98 Å². The minimum atomic E-state index is 0.408. The lowest BCUT2D eigenvalue weighted by atomic mass is 10.2. The molecule has 0 amide bonds. The van der Waals surface area contributed by atoms with Crippen molar-refractivity contribution in [3.8, 4) is 11.9 Å². The van der Waals surface area contributed by atoms with Crippen LogP contribution < -0.4 is 4.74 Å². The molecule has 1 aromatic carbocycles. The Hall–Kier alpha value is -2.34. The van der Waals surface area contributed by atoms with Crippen LogP contribution in [0.15, 0.2) is 48.7 Å². The first-order valence-corrected chi connectivity index (χ1v) is 5.42. The molecule has 0 saturated heterocycles. The third-order valence-electron chi connectivity index (χ3n) is 2.36. The summed E-state index contributed by atoms with van der Waals surface area (Å²) in [5, 5.41) is 8.86. The van der Waals surface area contributed by atoms with Gasteiger partial charge < -0.3 is 4.74 Å². The average Bonchev–Trinajstić information content (AvgIpc) is 2.40. The Morgan fingerprint density at radius 3 is 2.71 bits per heavy atom. The maximum absolute atomic E-state index is 8.86. The summed E-state index contributed by atoms with van der Waals surface area (Å²) < 4.78 is 5.50. The number of nitriles is 1. The van der Waals surface area contributed by atoms with Gasteiger partial charge in [0, 0.05) is 12.6 Å². The van der Waals surface area contributed by atoms with Crippen LogP contribution in [0, 0.1) is 11.3 Å². The second kappa shape index (κ2) is 5.66. The normalized spacial score (nSPS) is 9.59. The van der Waals surface area contributed by atoms with Crippen LogP contribution in [0.4, 0.5) is 0 Å². The fourth-order valence-corrected chi connectivity index (χ4v) is 1.50. The molecule has 2 rings (SSSR count). The molecule has 2 aromatic rings. The molecule has 1 heterocycles. The minimum absolute atomic E-state index is 0.408. The number of hydrogen-bond donors (Lipinski definition) is 0. The Morgan fingerprint density at radius 2 is 1.94 bits per heavy atom. The van der Waals surface area contributed by atoms with Gasteiger partial charge in [0.05, 0.1) is 6.61 Å². The number of benzene rings is 1. The zero-order valence-corrected chi connectivity index (χ0v) is 9.34. The lowest BCUT2D eigenvalue weighted by molar-refractivity contribution is 0.308. The first-order chi connectivity index (χ1) is 8.40. The molecule has 3 heteroatoms. The highest BCUT2D eigenvalue weighted by molar-refractivity contribution is 5.37. The lowest BCUT2D eigenvalue weighted by Crippen LogP contribution is -2.03. The molecule has 0 spiro atoms. The summed E-state index contributed by atoms with van der Waals surface area (Å²) in [6, 6.07) is 15.6. The Bertz CT molecular complexity index is 517. The molecule has 17 heavy (non-hydrogen) atoms. The zero-order valence-electron chi connectivity index (χ0n) is 9.34. The highest BCUT2D eigenvalue weighted by Gasteiger charge is 2.02. The molecule has 0 radical (unpaired) electrons. The topological polar surface area (TPSA) is 45.9 Å². The first kappa shape index (κ1) is 11.2. The van der Waals surface area contributed by atoms with E-state index in [2.05, 4.69) is 11.1 Å². The molecule has 0 atom stereocenters. The van der Waals surface area contributed by atoms with Gasteiger partial charge in [-0.1, -0.05) is 30.3 Å². The van der Waals surface area contributed by atoms with Gasteiger partial charge in [0.2, 0.25) is 5.88 Å². The number of aromatic nitrogens is 1. The number of hydrogen-bond acceptors (Lipinski definition) is 3. The van der Waals surface area contributed by atoms with E-state index >= 15 is 0 Å². The predicted octanol–water partition coefficient (Wildman–Crippen LogP) is 2.57. The summed E-state index contributed by atoms with van der Waals surface area (Å²) in [7, 11) is 0. The molecular weight excluding hydrogens is 212 g/mol. The van der Waals surface area contributed by atoms with E-state index in [1.54, 1.807) is 18.3 Å². The molecule has 0 aliphatic heterocycles. The molecule has 0 unspecified atom stereocenters. The molecule has 0 aliphatic rings. The van der Waals surface area contributed by atoms with Gasteiger partial charge >= 0.3 is 0 Å². The second-order valence-electron chi connectivity index (χ2n) is 3.55. The van der Waals surface area contributed by atoms with Gasteiger partial charge in [0.25, 0.3) is 0 Å². The first-order valence-electron chi connectivity index (χ1n) is 5.42. The van der Waals surface area contributed by atoms with Gasteiger partial charge in [0.1, 0.15) is 11.6 Å². The van der Waals surface area contributed by atoms with E-state index in [1.165, 1.54) is 5.56 Å². The zero-order chi connectivity index (χ0) is 11.9. The molecule has 84 valence electrons. The molecule has 0 bridgehead atoms. The number of ether oxygens (including phenoxy) is 1. The van der Waals surface area contributed by atoms with Crippen LogP contribution in [0.5, 0.6) is 5.88 Å². The average molecular weight is 224 g/mol. The lowest BCUT2D eigenvalue weighted by Gasteiger charge is -2.06. The van der Waals surface area contributed by atoms with Gasteiger partial charge in [0.15, 0.2) is 0 Å². The minimum Gasteiger partial charge on any atom is -0.476 e. The van der Waals surface area contributed by atoms with E-state index in [4.69, 9.17) is 10.00 Å². The van der Waals surface area contributed by atoms with Crippen molar-refractivity contribution in [3.63, 3.8) is 0 Å². The van der Waals surface area contributed by atoms with E-state index in [0.29, 0.717) is 18.1 Å². The summed E-state index contributed by atoms with van der Waals surface area (Å²) in [5.74, 6) is 0.408. The molecule has 0 fully saturated rings. The third-order valence-corrected chi connectivity index (χ3v) is 2.36. The standard InChI is InChI=1S/C14H12N2O/c15-11-13-7-4-9-16-14(13)17-10-8-12-5-2-1-3-6-12/h1-7,9H,8,10H2. The number of nitrogens with zero attached hydrogens (tertiary/aromatic N) is 2. The molecular formula is C14H12N2O. The highest BCUT2D eigenvalue weighted by Crippen LogP contribution is 2.12. The maximum atomic E-state index is 8.86. The van der Waals surface area contributed by atoms with Crippen molar-refractivity contribution in [1.29, 1.82) is 5.26 Å². The van der Waals surface area contributed by atoms with Crippen LogP contribution in [0.25, 0.3) is 0 Å². The van der Waals surface area contributed by atoms with Crippen molar-refractivity contribution in [3.05, 3.63) is 59.8 Å². The van der Waals surface area contributed by atoms with E-state index in [1.807, 2.05) is 30.3 Å². The monoisotopic (exact) mass is 224 g/mol. The summed E-state index contributed by atoms with van der Waals surface area (Å²) in [5.41, 5.74) is 1.68. The van der Waals surface area contributed by atoms with E-state index in [0.717, 1.165) is 6.42 Å². The molecule has 0 N–H and O–H groups in total. The Labute approximate surface area is 100 Å². The van der Waals surface area contributed by atoms with Crippen molar-refractivity contribution in [2.75, 3.05) is 6.61 Å². The number of pyridine rings is 1. The van der Waals surface area contributed by atoms with Crippen molar-refractivity contribution in [2.45, 2.75) is 6.42 Å². The summed E-state index contributed by atoms with van der Waals surface area (Å²) in [4.78, 5) is 4.04. The quantitative estimate of drug-likeness (QED) is 0.801. The third kappa shape index (κ3) is 3.05. The van der Waals surface area contributed by atoms with Gasteiger partial charge in [-0.05, 0) is 17.7 Å². The fourth-order valence-electron chi connectivity index (χ4n) is 1.50. The van der Waals surface area contributed by atoms with Crippen LogP contribution in [0.3, 0.4) is 0 Å². The summed E-state index contributed by atoms with van der Waals surface area (Å²) >= 11 is 0. The Morgan fingerprint density at radius 1 is 1.12 bits per heavy atom. The van der Waals surface area contributed by atoms with Crippen LogP contribution in [0.1, 0.15) is 11.1 Å². The van der Waals surface area contributed by atoms with Gasteiger partial charge in [-0.15, -0.1) is 0 Å². The van der Waals surface area contributed by atoms with E-state index < -0.39 is 0 Å². The summed E-state index contributed by atoms with van der Waals surface area (Å²) in [6.07, 6.45) is 2.43. The van der Waals surface area contributed by atoms with Crippen molar-refractivity contribution < 1.29 is 4.74 Å². The Kier molecular flexibility index (Phi) is 3.72. The maximum Gasteiger partial charge on any atom is 0.231 e. The second-order valence-corrected chi connectivity index (χ2v) is 3.55. The van der Waals surface area contributed by atoms with Crippen molar-refractivity contribution in [2.24, 2.45) is 0 Å². The number of rotatable bonds is 4. The van der Waals surface area contributed by atoms with Crippen LogP contribution in [-0.4, -0.2) is 11.6 Å². The van der Waals surface area contributed by atoms with Gasteiger partial charge in [-0.2, -0.15) is 5.26 Å². The molecule has 3 nitrogen and oxygen atoms in total. The van der Waals surface area contributed by atoms with Crippen LogP contribution in [0.2, 0.25) is 0 Å². The van der Waals surface area contributed by atoms with Crippen LogP contribution >= 0.6 is 0 Å². The van der Waals surface area contributed by atoms with Crippen molar-refractivity contribution >= 4 is 0 Å². The predicted molar refractivity (Wildman–Crippen MR) is 64.6 cm³/mol. The SMILES string of the molecule is N#Cc1cccnc1OCCc1ccccc1. The fraction of sp³-hybridized carbons (Fsp3) is 0.143. The van der Waals surface area contributed by atoms with Gasteiger partial charge in [-0.3, -0.25) is 0 Å². The molecule has 0 aliphatic carbocycles. The largest absolute Gasteiger partial charge is 0.476 e. The van der Waals surface area contributed by atoms with Crippen molar-refractivity contribution in [1.82, 2.24) is 4.98 Å². The smallest absolute Gasteiger partial charge is 0.231 e. The molecule has 0 saturated carbocycles.